The van der Waals surface area contributed by atoms with Gasteiger partial charge in [0.1, 0.15) is 0 Å². The van der Waals surface area contributed by atoms with E-state index in [0.29, 0.717) is 17.5 Å². The minimum Gasteiger partial charge on any atom is -0.247 e. The summed E-state index contributed by atoms with van der Waals surface area (Å²) in [6.07, 6.45) is 0. The largest absolute Gasteiger partial charge is 0.247 e. The highest BCUT2D eigenvalue weighted by Gasteiger charge is 2.18. The van der Waals surface area contributed by atoms with Crippen molar-refractivity contribution in [3.63, 3.8) is 0 Å². The third-order valence-electron chi connectivity index (χ3n) is 11.7. The zero-order valence-electron chi connectivity index (χ0n) is 32.8. The number of hydrogen-bond acceptors (Lipinski definition) is 5. The van der Waals surface area contributed by atoms with Gasteiger partial charge in [0.05, 0.1) is 11.2 Å². The van der Waals surface area contributed by atoms with Crippen molar-refractivity contribution in [3.8, 4) is 67.7 Å². The van der Waals surface area contributed by atoms with Crippen LogP contribution in [0.1, 0.15) is 0 Å². The maximum Gasteiger partial charge on any atom is 0.164 e. The quantitative estimate of drug-likeness (QED) is 0.157. The molecule has 0 fully saturated rings. The fraction of sp³-hybridized carbons (Fsp3) is 0. The molecule has 61 heavy (non-hydrogen) atoms. The summed E-state index contributed by atoms with van der Waals surface area (Å²) in [6.45, 7) is 0. The van der Waals surface area contributed by atoms with Crippen molar-refractivity contribution >= 4 is 64.0 Å². The minimum atomic E-state index is 0.635. The maximum absolute atomic E-state index is 5.50. The molecule has 0 aliphatic rings. The Morgan fingerprint density at radius 3 is 1.51 bits per heavy atom. The van der Waals surface area contributed by atoms with Gasteiger partial charge in [-0.3, -0.25) is 0 Å². The Morgan fingerprint density at radius 1 is 0.311 bits per heavy atom. The molecule has 0 aliphatic carbocycles. The molecule has 9 aromatic carbocycles. The number of hydrogen-bond donors (Lipinski definition) is 0. The van der Waals surface area contributed by atoms with Gasteiger partial charge < -0.3 is 0 Å². The van der Waals surface area contributed by atoms with E-state index in [9.17, 15) is 0 Å². The Bertz CT molecular complexity index is 3560. The summed E-state index contributed by atoms with van der Waals surface area (Å²) >= 11 is 1.84. The fourth-order valence-electron chi connectivity index (χ4n) is 8.70. The van der Waals surface area contributed by atoms with E-state index in [1.165, 1.54) is 52.8 Å². The molecule has 5 heteroatoms. The second-order valence-electron chi connectivity index (χ2n) is 15.4. The van der Waals surface area contributed by atoms with Crippen molar-refractivity contribution in [2.24, 2.45) is 0 Å². The first-order chi connectivity index (χ1) is 30.2. The predicted octanol–water partition coefficient (Wildman–Crippen LogP) is 15.1. The van der Waals surface area contributed by atoms with Crippen LogP contribution in [0, 0.1) is 0 Å². The topological polar surface area (TPSA) is 51.6 Å². The molecule has 3 heterocycles. The molecule has 3 aromatic heterocycles. The van der Waals surface area contributed by atoms with Crippen LogP contribution in [0.5, 0.6) is 0 Å². The second kappa shape index (κ2) is 14.5. The second-order valence-corrected chi connectivity index (χ2v) is 16.4. The third-order valence-corrected chi connectivity index (χ3v) is 12.9. The molecule has 0 N–H and O–H groups in total. The molecular formula is C56H34N4S. The van der Waals surface area contributed by atoms with Crippen molar-refractivity contribution in [3.05, 3.63) is 206 Å². The summed E-state index contributed by atoms with van der Waals surface area (Å²) < 4.78 is 2.52. The number of rotatable bonds is 6. The SMILES string of the molecule is c1ccc(-c2nc(-c3ccccc3)nc(-c3ccc(-c4ccc5c(c4)nc(-c4ccc(-c6cc7ccccc7c7ccccc67)cc4)c4c6ccccc6sc54)cc3)n2)cc1. The van der Waals surface area contributed by atoms with Crippen molar-refractivity contribution in [1.82, 2.24) is 19.9 Å². The number of fused-ring (bicyclic) bond motifs is 8. The normalized spacial score (nSPS) is 11.6. The molecule has 0 bridgehead atoms. The Morgan fingerprint density at radius 2 is 0.820 bits per heavy atom. The van der Waals surface area contributed by atoms with Gasteiger partial charge in [-0.05, 0) is 62.0 Å². The summed E-state index contributed by atoms with van der Waals surface area (Å²) in [5, 5.41) is 8.65. The highest BCUT2D eigenvalue weighted by atomic mass is 32.1. The standard InChI is InChI=1S/C56H34N4S/c1-3-13-38(14-4-1)54-58-55(39-15-5-2-6-16-39)60-56(59-54)40-29-23-35(24-30-40)41-31-32-46-49(34-41)57-52(51-47-21-11-12-22-50(47)61-53(46)51)37-27-25-36(26-28-37)48-33-42-17-7-8-18-43(42)44-19-9-10-20-45(44)48/h1-34H. The molecule has 0 amide bonds. The molecule has 4 nitrogen and oxygen atoms in total. The van der Waals surface area contributed by atoms with E-state index in [2.05, 4.69) is 146 Å². The molecule has 0 saturated heterocycles. The van der Waals surface area contributed by atoms with Crippen LogP contribution in [0.25, 0.3) is 120 Å². The van der Waals surface area contributed by atoms with E-state index >= 15 is 0 Å². The average molecular weight is 795 g/mol. The van der Waals surface area contributed by atoms with Crippen molar-refractivity contribution in [2.75, 3.05) is 0 Å². The summed E-state index contributed by atoms with van der Waals surface area (Å²) in [4.78, 5) is 20.3. The van der Waals surface area contributed by atoms with Gasteiger partial charge >= 0.3 is 0 Å². The molecule has 12 aromatic rings. The summed E-state index contributed by atoms with van der Waals surface area (Å²) in [5.74, 6) is 1.93. The van der Waals surface area contributed by atoms with Crippen LogP contribution in [0.3, 0.4) is 0 Å². The summed E-state index contributed by atoms with van der Waals surface area (Å²) in [7, 11) is 0. The Labute approximate surface area is 356 Å². The van der Waals surface area contributed by atoms with Crippen molar-refractivity contribution in [1.29, 1.82) is 0 Å². The molecule has 0 radical (unpaired) electrons. The monoisotopic (exact) mass is 794 g/mol. The Hall–Kier alpha value is -7.86. The third kappa shape index (κ3) is 6.14. The smallest absolute Gasteiger partial charge is 0.164 e. The predicted molar refractivity (Wildman–Crippen MR) is 256 cm³/mol. The van der Waals surface area contributed by atoms with Crippen LogP contribution in [-0.2, 0) is 0 Å². The van der Waals surface area contributed by atoms with E-state index in [1.807, 2.05) is 72.0 Å². The van der Waals surface area contributed by atoms with Crippen LogP contribution in [-0.4, -0.2) is 19.9 Å². The van der Waals surface area contributed by atoms with Gasteiger partial charge in [-0.15, -0.1) is 11.3 Å². The van der Waals surface area contributed by atoms with Crippen LogP contribution in [0.15, 0.2) is 206 Å². The first-order valence-electron chi connectivity index (χ1n) is 20.5. The minimum absolute atomic E-state index is 0.635. The molecule has 12 rings (SSSR count). The molecule has 284 valence electrons. The van der Waals surface area contributed by atoms with E-state index in [-0.39, 0.29) is 0 Å². The van der Waals surface area contributed by atoms with E-state index in [4.69, 9.17) is 19.9 Å². The van der Waals surface area contributed by atoms with E-state index < -0.39 is 0 Å². The van der Waals surface area contributed by atoms with Gasteiger partial charge in [-0.2, -0.15) is 0 Å². The molecule has 0 atom stereocenters. The molecule has 0 spiro atoms. The van der Waals surface area contributed by atoms with Crippen LogP contribution >= 0.6 is 11.3 Å². The summed E-state index contributed by atoms with van der Waals surface area (Å²) in [5.41, 5.74) is 10.5. The lowest BCUT2D eigenvalue weighted by atomic mass is 9.92. The highest BCUT2D eigenvalue weighted by Crippen LogP contribution is 2.44. The Balaban J connectivity index is 0.950. The molecule has 0 saturated carbocycles. The molecular weight excluding hydrogens is 761 g/mol. The lowest BCUT2D eigenvalue weighted by Crippen LogP contribution is -2.00. The van der Waals surface area contributed by atoms with Crippen LogP contribution in [0.2, 0.25) is 0 Å². The first kappa shape index (κ1) is 35.1. The zero-order chi connectivity index (χ0) is 40.3. The van der Waals surface area contributed by atoms with Gasteiger partial charge in [-0.25, -0.2) is 19.9 Å². The van der Waals surface area contributed by atoms with Crippen molar-refractivity contribution in [2.45, 2.75) is 0 Å². The number of pyridine rings is 1. The average Bonchev–Trinajstić information content (AvgIpc) is 3.74. The fourth-order valence-corrected chi connectivity index (χ4v) is 9.94. The van der Waals surface area contributed by atoms with Crippen molar-refractivity contribution < 1.29 is 0 Å². The van der Waals surface area contributed by atoms with Gasteiger partial charge in [0.15, 0.2) is 17.5 Å². The van der Waals surface area contributed by atoms with Gasteiger partial charge in [0, 0.05) is 47.8 Å². The summed E-state index contributed by atoms with van der Waals surface area (Å²) in [6, 6.07) is 72.8. The number of thiophene rings is 1. The van der Waals surface area contributed by atoms with E-state index in [0.717, 1.165) is 50.0 Å². The zero-order valence-corrected chi connectivity index (χ0v) is 33.6. The van der Waals surface area contributed by atoms with Crippen LogP contribution < -0.4 is 0 Å². The number of benzene rings is 9. The number of nitrogens with zero attached hydrogens (tertiary/aromatic N) is 4. The first-order valence-corrected chi connectivity index (χ1v) is 21.3. The highest BCUT2D eigenvalue weighted by molar-refractivity contribution is 7.26. The molecule has 0 aliphatic heterocycles. The number of aromatic nitrogens is 4. The lowest BCUT2D eigenvalue weighted by Gasteiger charge is -2.13. The Kier molecular flexibility index (Phi) is 8.32. The van der Waals surface area contributed by atoms with Gasteiger partial charge in [0.2, 0.25) is 0 Å². The van der Waals surface area contributed by atoms with Crippen LogP contribution in [0.4, 0.5) is 0 Å². The van der Waals surface area contributed by atoms with E-state index in [1.54, 1.807) is 0 Å². The maximum atomic E-state index is 5.50. The van der Waals surface area contributed by atoms with Gasteiger partial charge in [-0.1, -0.05) is 188 Å². The van der Waals surface area contributed by atoms with Gasteiger partial charge in [0.25, 0.3) is 0 Å². The lowest BCUT2D eigenvalue weighted by molar-refractivity contribution is 1.07. The molecule has 0 unspecified atom stereocenters.